The van der Waals surface area contributed by atoms with Gasteiger partial charge in [0.15, 0.2) is 0 Å². The number of ether oxygens (including phenoxy) is 2. The Morgan fingerprint density at radius 1 is 0.871 bits per heavy atom. The van der Waals surface area contributed by atoms with E-state index in [2.05, 4.69) is 36.1 Å². The fraction of sp³-hybridized carbons (Fsp3) is 0.222. The maximum absolute atomic E-state index is 6.04. The number of methoxy groups -OCH3 is 1. The molecule has 31 heavy (non-hydrogen) atoms. The summed E-state index contributed by atoms with van der Waals surface area (Å²) in [5, 5.41) is 1.09. The Morgan fingerprint density at radius 2 is 1.65 bits per heavy atom. The molecule has 5 rings (SSSR count). The molecular weight excluding hydrogens is 384 g/mol. The number of hydrogen-bond donors (Lipinski definition) is 0. The summed E-state index contributed by atoms with van der Waals surface area (Å²) in [5.41, 5.74) is 4.56. The van der Waals surface area contributed by atoms with Crippen LogP contribution >= 0.6 is 0 Å². The molecule has 3 aromatic carbocycles. The molecule has 1 aromatic heterocycles. The number of aromatic nitrogens is 1. The van der Waals surface area contributed by atoms with Crippen molar-refractivity contribution in [3.05, 3.63) is 90.1 Å². The second kappa shape index (κ2) is 8.31. The van der Waals surface area contributed by atoms with Gasteiger partial charge in [-0.15, -0.1) is 0 Å². The van der Waals surface area contributed by atoms with Crippen LogP contribution < -0.4 is 14.4 Å². The van der Waals surface area contributed by atoms with Crippen LogP contribution in [-0.2, 0) is 0 Å². The van der Waals surface area contributed by atoms with Crippen molar-refractivity contribution in [2.45, 2.75) is 25.8 Å². The maximum atomic E-state index is 6.04. The van der Waals surface area contributed by atoms with Crippen LogP contribution in [0.15, 0.2) is 78.9 Å². The molecule has 0 bridgehead atoms. The lowest BCUT2D eigenvalue weighted by Gasteiger charge is -2.28. The van der Waals surface area contributed by atoms with Crippen molar-refractivity contribution in [3.63, 3.8) is 0 Å². The van der Waals surface area contributed by atoms with Gasteiger partial charge in [0.1, 0.15) is 17.2 Å². The van der Waals surface area contributed by atoms with Gasteiger partial charge in [-0.05, 0) is 73.9 Å². The number of hydrogen-bond acceptors (Lipinski definition) is 4. The number of nitrogens with zero attached hydrogens (tertiary/aromatic N) is 2. The molecule has 1 aliphatic heterocycles. The molecule has 4 nitrogen and oxygen atoms in total. The molecular formula is C27H26N2O2. The van der Waals surface area contributed by atoms with E-state index in [4.69, 9.17) is 14.5 Å². The van der Waals surface area contributed by atoms with E-state index < -0.39 is 0 Å². The van der Waals surface area contributed by atoms with Gasteiger partial charge in [0.2, 0.25) is 0 Å². The van der Waals surface area contributed by atoms with Crippen LogP contribution in [-0.4, -0.2) is 18.6 Å². The molecule has 1 fully saturated rings. The van der Waals surface area contributed by atoms with Crippen LogP contribution in [0.1, 0.15) is 30.1 Å². The highest BCUT2D eigenvalue weighted by molar-refractivity contribution is 5.84. The van der Waals surface area contributed by atoms with Crippen LogP contribution in [0, 0.1) is 6.92 Å². The number of benzene rings is 3. The fourth-order valence-electron chi connectivity index (χ4n) is 4.45. The normalized spacial score (nSPS) is 15.9. The third-order valence-electron chi connectivity index (χ3n) is 5.99. The SMILES string of the molecule is COc1ccc(C2CCCN2c2cc3cc(Oc4ccccc4)ccc3nc2C)cc1. The van der Waals surface area contributed by atoms with Crippen LogP contribution in [0.2, 0.25) is 0 Å². The van der Waals surface area contributed by atoms with Gasteiger partial charge in [-0.25, -0.2) is 0 Å². The Morgan fingerprint density at radius 3 is 2.42 bits per heavy atom. The highest BCUT2D eigenvalue weighted by Crippen LogP contribution is 2.39. The molecule has 0 N–H and O–H groups in total. The van der Waals surface area contributed by atoms with Gasteiger partial charge < -0.3 is 14.4 Å². The van der Waals surface area contributed by atoms with E-state index in [0.717, 1.165) is 46.8 Å². The summed E-state index contributed by atoms with van der Waals surface area (Å²) in [5.74, 6) is 2.55. The molecule has 1 atom stereocenters. The van der Waals surface area contributed by atoms with E-state index in [9.17, 15) is 0 Å². The van der Waals surface area contributed by atoms with Gasteiger partial charge in [-0.3, -0.25) is 4.98 Å². The fourth-order valence-corrected chi connectivity index (χ4v) is 4.45. The largest absolute Gasteiger partial charge is 0.497 e. The number of pyridine rings is 1. The second-order valence-electron chi connectivity index (χ2n) is 7.99. The summed E-state index contributed by atoms with van der Waals surface area (Å²) < 4.78 is 11.4. The van der Waals surface area contributed by atoms with E-state index in [0.29, 0.717) is 6.04 Å². The van der Waals surface area contributed by atoms with E-state index in [1.54, 1.807) is 7.11 Å². The van der Waals surface area contributed by atoms with Crippen LogP contribution in [0.3, 0.4) is 0 Å². The van der Waals surface area contributed by atoms with Gasteiger partial charge in [-0.1, -0.05) is 30.3 Å². The van der Waals surface area contributed by atoms with E-state index >= 15 is 0 Å². The van der Waals surface area contributed by atoms with E-state index in [1.807, 2.05) is 54.6 Å². The van der Waals surface area contributed by atoms with Crippen molar-refractivity contribution in [1.29, 1.82) is 0 Å². The van der Waals surface area contributed by atoms with E-state index in [1.165, 1.54) is 17.7 Å². The van der Waals surface area contributed by atoms with Crippen molar-refractivity contribution in [3.8, 4) is 17.2 Å². The van der Waals surface area contributed by atoms with Gasteiger partial charge in [0.05, 0.1) is 30.0 Å². The number of para-hydroxylation sites is 1. The van der Waals surface area contributed by atoms with Crippen molar-refractivity contribution >= 4 is 16.6 Å². The zero-order valence-corrected chi connectivity index (χ0v) is 17.9. The third-order valence-corrected chi connectivity index (χ3v) is 5.99. The summed E-state index contributed by atoms with van der Waals surface area (Å²) in [7, 11) is 1.71. The average molecular weight is 411 g/mol. The zero-order valence-electron chi connectivity index (χ0n) is 17.9. The quantitative estimate of drug-likeness (QED) is 0.367. The number of fused-ring (bicyclic) bond motifs is 1. The Balaban J connectivity index is 1.48. The Labute approximate surface area is 183 Å². The van der Waals surface area contributed by atoms with Crippen LogP contribution in [0.25, 0.3) is 10.9 Å². The topological polar surface area (TPSA) is 34.6 Å². The van der Waals surface area contributed by atoms with Gasteiger partial charge in [0, 0.05) is 11.9 Å². The van der Waals surface area contributed by atoms with Crippen molar-refractivity contribution in [2.75, 3.05) is 18.6 Å². The minimum atomic E-state index is 0.354. The lowest BCUT2D eigenvalue weighted by Crippen LogP contribution is -2.23. The molecule has 0 radical (unpaired) electrons. The minimum absolute atomic E-state index is 0.354. The van der Waals surface area contributed by atoms with Crippen molar-refractivity contribution < 1.29 is 9.47 Å². The standard InChI is InChI=1S/C27H26N2O2/c1-19-27(29-16-6-9-26(29)20-10-12-22(30-2)13-11-20)18-21-17-24(14-15-25(21)28-19)31-23-7-4-3-5-8-23/h3-5,7-8,10-15,17-18,26H,6,9,16H2,1-2H3. The first-order valence-electron chi connectivity index (χ1n) is 10.8. The summed E-state index contributed by atoms with van der Waals surface area (Å²) in [4.78, 5) is 7.40. The van der Waals surface area contributed by atoms with Gasteiger partial charge in [0.25, 0.3) is 0 Å². The second-order valence-corrected chi connectivity index (χ2v) is 7.99. The first kappa shape index (κ1) is 19.4. The highest BCUT2D eigenvalue weighted by atomic mass is 16.5. The number of anilines is 1. The molecule has 0 saturated carbocycles. The van der Waals surface area contributed by atoms with Crippen molar-refractivity contribution in [1.82, 2.24) is 4.98 Å². The minimum Gasteiger partial charge on any atom is -0.497 e. The Kier molecular flexibility index (Phi) is 5.21. The lowest BCUT2D eigenvalue weighted by molar-refractivity contribution is 0.414. The van der Waals surface area contributed by atoms with E-state index in [-0.39, 0.29) is 0 Å². The molecule has 0 spiro atoms. The average Bonchev–Trinajstić information content (AvgIpc) is 3.29. The molecule has 0 amide bonds. The molecule has 0 aliphatic carbocycles. The van der Waals surface area contributed by atoms with Crippen molar-refractivity contribution in [2.24, 2.45) is 0 Å². The molecule has 4 aromatic rings. The molecule has 2 heterocycles. The first-order chi connectivity index (χ1) is 15.2. The zero-order chi connectivity index (χ0) is 21.2. The summed E-state index contributed by atoms with van der Waals surface area (Å²) >= 11 is 0. The molecule has 1 unspecified atom stereocenters. The summed E-state index contributed by atoms with van der Waals surface area (Å²) in [6, 6.07) is 27.0. The molecule has 156 valence electrons. The lowest BCUT2D eigenvalue weighted by atomic mass is 10.0. The highest BCUT2D eigenvalue weighted by Gasteiger charge is 2.28. The first-order valence-corrected chi connectivity index (χ1v) is 10.8. The molecule has 1 aliphatic rings. The van der Waals surface area contributed by atoms with Gasteiger partial charge >= 0.3 is 0 Å². The van der Waals surface area contributed by atoms with Crippen LogP contribution in [0.5, 0.6) is 17.2 Å². The Hall–Kier alpha value is -3.53. The summed E-state index contributed by atoms with van der Waals surface area (Å²) in [6.45, 7) is 3.14. The molecule has 1 saturated heterocycles. The smallest absolute Gasteiger partial charge is 0.128 e. The van der Waals surface area contributed by atoms with Crippen LogP contribution in [0.4, 0.5) is 5.69 Å². The predicted molar refractivity (Wildman–Crippen MR) is 125 cm³/mol. The number of rotatable bonds is 5. The number of aryl methyl sites for hydroxylation is 1. The Bertz CT molecular complexity index is 1190. The van der Waals surface area contributed by atoms with Gasteiger partial charge in [-0.2, -0.15) is 0 Å². The maximum Gasteiger partial charge on any atom is 0.128 e. The summed E-state index contributed by atoms with van der Waals surface area (Å²) in [6.07, 6.45) is 2.31. The third kappa shape index (κ3) is 3.93. The molecule has 4 heteroatoms. The predicted octanol–water partition coefficient (Wildman–Crippen LogP) is 6.69. The monoisotopic (exact) mass is 410 g/mol.